The van der Waals surface area contributed by atoms with Crippen LogP contribution < -0.4 is 5.32 Å². The first-order valence-corrected chi connectivity index (χ1v) is 10.8. The molecule has 7 heteroatoms. The van der Waals surface area contributed by atoms with Crippen molar-refractivity contribution in [1.29, 1.82) is 0 Å². The monoisotopic (exact) mass is 431 g/mol. The van der Waals surface area contributed by atoms with Gasteiger partial charge >= 0.3 is 0 Å². The molecule has 0 aliphatic rings. The van der Waals surface area contributed by atoms with Gasteiger partial charge in [-0.1, -0.05) is 25.1 Å². The fourth-order valence-electron chi connectivity index (χ4n) is 3.74. The first-order chi connectivity index (χ1) is 15.6. The summed E-state index contributed by atoms with van der Waals surface area (Å²) < 4.78 is 16.8. The van der Waals surface area contributed by atoms with E-state index in [2.05, 4.69) is 21.7 Å². The van der Waals surface area contributed by atoms with Crippen molar-refractivity contribution in [2.45, 2.75) is 33.1 Å². The van der Waals surface area contributed by atoms with E-state index in [1.807, 2.05) is 48.9 Å². The van der Waals surface area contributed by atoms with Gasteiger partial charge in [0.15, 0.2) is 0 Å². The summed E-state index contributed by atoms with van der Waals surface area (Å²) in [6, 6.07) is 16.1. The van der Waals surface area contributed by atoms with Crippen molar-refractivity contribution in [2.75, 3.05) is 6.54 Å². The second kappa shape index (κ2) is 9.60. The van der Waals surface area contributed by atoms with Crippen molar-refractivity contribution in [3.05, 3.63) is 95.3 Å². The number of carbonyl (C=O) groups excluding carboxylic acids is 1. The zero-order valence-corrected chi connectivity index (χ0v) is 18.3. The number of amides is 1. The van der Waals surface area contributed by atoms with Gasteiger partial charge in [0.25, 0.3) is 5.91 Å². The van der Waals surface area contributed by atoms with Crippen molar-refractivity contribution in [2.24, 2.45) is 0 Å². The van der Waals surface area contributed by atoms with E-state index >= 15 is 0 Å². The van der Waals surface area contributed by atoms with Crippen LogP contribution in [0, 0.1) is 12.7 Å². The molecule has 0 fully saturated rings. The Hall–Kier alpha value is -3.74. The van der Waals surface area contributed by atoms with Crippen molar-refractivity contribution in [1.82, 2.24) is 24.9 Å². The van der Waals surface area contributed by atoms with Gasteiger partial charge in [-0.2, -0.15) is 10.2 Å². The minimum Gasteiger partial charge on any atom is -0.352 e. The normalized spacial score (nSPS) is 11.0. The van der Waals surface area contributed by atoms with Crippen molar-refractivity contribution in [3.8, 4) is 11.4 Å². The quantitative estimate of drug-likeness (QED) is 0.420. The number of benzene rings is 2. The average molecular weight is 432 g/mol. The number of aromatic nitrogens is 4. The summed E-state index contributed by atoms with van der Waals surface area (Å²) in [5, 5.41) is 11.9. The maximum Gasteiger partial charge on any atom is 0.254 e. The lowest BCUT2D eigenvalue weighted by atomic mass is 10.1. The number of hydrogen-bond acceptors (Lipinski definition) is 3. The van der Waals surface area contributed by atoms with Crippen LogP contribution in [0.2, 0.25) is 0 Å². The van der Waals surface area contributed by atoms with Gasteiger partial charge in [-0.3, -0.25) is 4.79 Å². The molecule has 2 aromatic carbocycles. The summed E-state index contributed by atoms with van der Waals surface area (Å²) in [5.74, 6) is -0.451. The molecule has 2 aromatic heterocycles. The van der Waals surface area contributed by atoms with Gasteiger partial charge in [-0.25, -0.2) is 13.8 Å². The molecule has 4 aromatic rings. The van der Waals surface area contributed by atoms with Gasteiger partial charge in [-0.05, 0) is 68.1 Å². The molecule has 0 aliphatic heterocycles. The van der Waals surface area contributed by atoms with E-state index in [4.69, 9.17) is 0 Å². The second-order valence-corrected chi connectivity index (χ2v) is 7.63. The van der Waals surface area contributed by atoms with Gasteiger partial charge in [0.1, 0.15) is 5.82 Å². The Morgan fingerprint density at radius 1 is 1.06 bits per heavy atom. The SMILES string of the molecule is CCc1c(C(=O)NCCCc2cn(-c3ccccc3)nc2C)cnn1-c1ccc(F)cc1. The molecule has 0 saturated carbocycles. The van der Waals surface area contributed by atoms with Gasteiger partial charge in [0.2, 0.25) is 0 Å². The number of nitrogens with zero attached hydrogens (tertiary/aromatic N) is 4. The zero-order chi connectivity index (χ0) is 22.5. The molecular formula is C25H26FN5O. The Morgan fingerprint density at radius 2 is 1.81 bits per heavy atom. The number of halogens is 1. The van der Waals surface area contributed by atoms with E-state index in [9.17, 15) is 9.18 Å². The van der Waals surface area contributed by atoms with Crippen molar-refractivity contribution >= 4 is 5.91 Å². The summed E-state index contributed by atoms with van der Waals surface area (Å²) >= 11 is 0. The number of carbonyl (C=O) groups is 1. The van der Waals surface area contributed by atoms with Gasteiger partial charge in [0.05, 0.1) is 34.5 Å². The van der Waals surface area contributed by atoms with E-state index < -0.39 is 0 Å². The van der Waals surface area contributed by atoms with E-state index in [1.54, 1.807) is 23.0 Å². The molecule has 0 unspecified atom stereocenters. The Labute approximate surface area is 186 Å². The molecule has 32 heavy (non-hydrogen) atoms. The number of hydrogen-bond donors (Lipinski definition) is 1. The molecule has 0 radical (unpaired) electrons. The third-order valence-corrected chi connectivity index (χ3v) is 5.45. The van der Waals surface area contributed by atoms with E-state index in [1.165, 1.54) is 17.7 Å². The second-order valence-electron chi connectivity index (χ2n) is 7.63. The van der Waals surface area contributed by atoms with Crippen LogP contribution in [0.4, 0.5) is 4.39 Å². The number of rotatable bonds is 8. The molecule has 4 rings (SSSR count). The van der Waals surface area contributed by atoms with Crippen LogP contribution in [0.3, 0.4) is 0 Å². The van der Waals surface area contributed by atoms with Crippen LogP contribution in [0.1, 0.15) is 40.7 Å². The number of nitrogens with one attached hydrogen (secondary N) is 1. The lowest BCUT2D eigenvalue weighted by Gasteiger charge is -2.08. The molecule has 0 atom stereocenters. The lowest BCUT2D eigenvalue weighted by Crippen LogP contribution is -2.25. The molecular weight excluding hydrogens is 405 g/mol. The first-order valence-electron chi connectivity index (χ1n) is 10.8. The molecule has 0 saturated heterocycles. The Bertz CT molecular complexity index is 1200. The van der Waals surface area contributed by atoms with Crippen molar-refractivity contribution < 1.29 is 9.18 Å². The molecule has 0 aliphatic carbocycles. The van der Waals surface area contributed by atoms with Crippen molar-refractivity contribution in [3.63, 3.8) is 0 Å². The van der Waals surface area contributed by atoms with Crippen LogP contribution >= 0.6 is 0 Å². The fraction of sp³-hybridized carbons (Fsp3) is 0.240. The molecule has 0 bridgehead atoms. The van der Waals surface area contributed by atoms with E-state index in [0.29, 0.717) is 18.5 Å². The molecule has 1 amide bonds. The molecule has 6 nitrogen and oxygen atoms in total. The highest BCUT2D eigenvalue weighted by Gasteiger charge is 2.17. The summed E-state index contributed by atoms with van der Waals surface area (Å²) in [5.41, 5.74) is 5.27. The summed E-state index contributed by atoms with van der Waals surface area (Å²) in [6.07, 6.45) is 5.90. The van der Waals surface area contributed by atoms with Gasteiger partial charge in [-0.15, -0.1) is 0 Å². The highest BCUT2D eigenvalue weighted by Crippen LogP contribution is 2.17. The smallest absolute Gasteiger partial charge is 0.254 e. The summed E-state index contributed by atoms with van der Waals surface area (Å²) in [7, 11) is 0. The zero-order valence-electron chi connectivity index (χ0n) is 18.3. The predicted octanol–water partition coefficient (Wildman–Crippen LogP) is 4.43. The minimum absolute atomic E-state index is 0.146. The summed E-state index contributed by atoms with van der Waals surface area (Å²) in [6.45, 7) is 4.53. The molecule has 2 heterocycles. The maximum absolute atomic E-state index is 13.2. The average Bonchev–Trinajstić information content (AvgIpc) is 3.41. The Kier molecular flexibility index (Phi) is 6.44. The lowest BCUT2D eigenvalue weighted by molar-refractivity contribution is 0.0952. The van der Waals surface area contributed by atoms with Crippen LogP contribution in [0.5, 0.6) is 0 Å². The topological polar surface area (TPSA) is 64.7 Å². The van der Waals surface area contributed by atoms with Crippen LogP contribution in [-0.2, 0) is 12.8 Å². The number of aryl methyl sites for hydroxylation is 2. The third-order valence-electron chi connectivity index (χ3n) is 5.45. The number of para-hydroxylation sites is 1. The molecule has 0 spiro atoms. The van der Waals surface area contributed by atoms with Crippen LogP contribution in [0.15, 0.2) is 67.0 Å². The Balaban J connectivity index is 1.36. The van der Waals surface area contributed by atoms with Crippen LogP contribution in [-0.4, -0.2) is 32.0 Å². The standard InChI is InChI=1S/C25H26FN5O/c1-3-24-23(16-28-31(24)22-13-11-20(26)12-14-22)25(32)27-15-7-8-19-17-30(29-18(19)2)21-9-5-4-6-10-21/h4-6,9-14,16-17H,3,7-8,15H2,1-2H3,(H,27,32). The highest BCUT2D eigenvalue weighted by atomic mass is 19.1. The maximum atomic E-state index is 13.2. The predicted molar refractivity (Wildman–Crippen MR) is 122 cm³/mol. The van der Waals surface area contributed by atoms with Crippen LogP contribution in [0.25, 0.3) is 11.4 Å². The summed E-state index contributed by atoms with van der Waals surface area (Å²) in [4.78, 5) is 12.7. The van der Waals surface area contributed by atoms with E-state index in [-0.39, 0.29) is 11.7 Å². The first kappa shape index (κ1) is 21.5. The van der Waals surface area contributed by atoms with Gasteiger partial charge < -0.3 is 5.32 Å². The third kappa shape index (κ3) is 4.61. The van der Waals surface area contributed by atoms with E-state index in [0.717, 1.165) is 35.6 Å². The minimum atomic E-state index is -0.304. The largest absolute Gasteiger partial charge is 0.352 e. The molecule has 1 N–H and O–H groups in total. The highest BCUT2D eigenvalue weighted by molar-refractivity contribution is 5.95. The fourth-order valence-corrected chi connectivity index (χ4v) is 3.74. The Morgan fingerprint density at radius 3 is 2.53 bits per heavy atom. The van der Waals surface area contributed by atoms with Gasteiger partial charge in [0, 0.05) is 12.7 Å². The molecule has 164 valence electrons.